The van der Waals surface area contributed by atoms with E-state index in [9.17, 15) is 5.11 Å². The molecular formula is C18H29NO2. The third-order valence-corrected chi connectivity index (χ3v) is 4.06. The van der Waals surface area contributed by atoms with E-state index in [-0.39, 0.29) is 0 Å². The zero-order valence-corrected chi connectivity index (χ0v) is 13.4. The van der Waals surface area contributed by atoms with E-state index < -0.39 is 6.10 Å². The Morgan fingerprint density at radius 1 is 1.29 bits per heavy atom. The largest absolute Gasteiger partial charge is 0.387 e. The summed E-state index contributed by atoms with van der Waals surface area (Å²) in [6.07, 6.45) is 4.51. The first-order valence-electron chi connectivity index (χ1n) is 8.22. The van der Waals surface area contributed by atoms with Crippen molar-refractivity contribution in [1.82, 2.24) is 4.90 Å². The topological polar surface area (TPSA) is 32.7 Å². The number of ether oxygens (including phenoxy) is 1. The molecule has 0 aromatic heterocycles. The Hall–Kier alpha value is -0.900. The smallest absolute Gasteiger partial charge is 0.0916 e. The first-order chi connectivity index (χ1) is 10.2. The number of nitrogens with zero attached hydrogens (tertiary/aromatic N) is 1. The number of hydrogen-bond donors (Lipinski definition) is 1. The fourth-order valence-corrected chi connectivity index (χ4v) is 2.44. The van der Waals surface area contributed by atoms with E-state index in [0.29, 0.717) is 6.54 Å². The summed E-state index contributed by atoms with van der Waals surface area (Å²) in [5, 5.41) is 10.3. The number of benzene rings is 1. The van der Waals surface area contributed by atoms with Gasteiger partial charge >= 0.3 is 0 Å². The van der Waals surface area contributed by atoms with Crippen LogP contribution in [0.5, 0.6) is 0 Å². The summed E-state index contributed by atoms with van der Waals surface area (Å²) in [7, 11) is 2.04. The van der Waals surface area contributed by atoms with Gasteiger partial charge in [-0.2, -0.15) is 0 Å². The lowest BCUT2D eigenvalue weighted by Crippen LogP contribution is -2.28. The fourth-order valence-electron chi connectivity index (χ4n) is 2.44. The van der Waals surface area contributed by atoms with Crippen LogP contribution in [0.15, 0.2) is 24.3 Å². The van der Waals surface area contributed by atoms with Gasteiger partial charge in [-0.1, -0.05) is 37.6 Å². The van der Waals surface area contributed by atoms with Crippen LogP contribution in [0.1, 0.15) is 43.4 Å². The first-order valence-corrected chi connectivity index (χ1v) is 8.22. The molecule has 0 bridgehead atoms. The van der Waals surface area contributed by atoms with Crippen LogP contribution < -0.4 is 0 Å². The highest BCUT2D eigenvalue weighted by Crippen LogP contribution is 2.28. The molecule has 2 rings (SSSR count). The molecule has 1 aliphatic carbocycles. The van der Waals surface area contributed by atoms with E-state index in [1.54, 1.807) is 0 Å². The van der Waals surface area contributed by atoms with E-state index in [4.69, 9.17) is 4.74 Å². The summed E-state index contributed by atoms with van der Waals surface area (Å²) < 4.78 is 5.63. The minimum atomic E-state index is -0.422. The monoisotopic (exact) mass is 291 g/mol. The predicted octanol–water partition coefficient (Wildman–Crippen LogP) is 3.03. The van der Waals surface area contributed by atoms with E-state index >= 15 is 0 Å². The Kier molecular flexibility index (Phi) is 6.68. The molecule has 0 aliphatic heterocycles. The number of aliphatic hydroxyl groups excluding tert-OH is 1. The summed E-state index contributed by atoms with van der Waals surface area (Å²) in [5.74, 6) is 0.822. The van der Waals surface area contributed by atoms with Crippen LogP contribution in [-0.2, 0) is 11.2 Å². The fraction of sp³-hybridized carbons (Fsp3) is 0.667. The normalized spacial score (nSPS) is 16.4. The van der Waals surface area contributed by atoms with E-state index in [2.05, 4.69) is 24.0 Å². The van der Waals surface area contributed by atoms with Crippen molar-refractivity contribution in [3.63, 3.8) is 0 Å². The van der Waals surface area contributed by atoms with Crippen LogP contribution in [0.2, 0.25) is 0 Å². The number of hydrogen-bond acceptors (Lipinski definition) is 3. The van der Waals surface area contributed by atoms with Crippen LogP contribution in [-0.4, -0.2) is 43.4 Å². The number of rotatable bonds is 10. The van der Waals surface area contributed by atoms with Crippen LogP contribution >= 0.6 is 0 Å². The lowest BCUT2D eigenvalue weighted by atomic mass is 10.0. The Morgan fingerprint density at radius 3 is 2.62 bits per heavy atom. The molecule has 1 N–H and O–H groups in total. The lowest BCUT2D eigenvalue weighted by molar-refractivity contribution is 0.0794. The van der Waals surface area contributed by atoms with Crippen LogP contribution in [0.25, 0.3) is 0 Å². The zero-order chi connectivity index (χ0) is 15.1. The number of aryl methyl sites for hydroxylation is 1. The van der Waals surface area contributed by atoms with Crippen LogP contribution in [0, 0.1) is 5.92 Å². The van der Waals surface area contributed by atoms with Crippen LogP contribution in [0.4, 0.5) is 0 Å². The van der Waals surface area contributed by atoms with E-state index in [1.165, 1.54) is 18.4 Å². The molecule has 1 fully saturated rings. The van der Waals surface area contributed by atoms with Gasteiger partial charge in [0.1, 0.15) is 0 Å². The summed E-state index contributed by atoms with van der Waals surface area (Å²) in [4.78, 5) is 2.14. The molecule has 1 aromatic rings. The van der Waals surface area contributed by atoms with E-state index in [0.717, 1.165) is 44.1 Å². The second kappa shape index (κ2) is 8.52. The van der Waals surface area contributed by atoms with Crippen molar-refractivity contribution in [2.75, 3.05) is 33.4 Å². The molecule has 1 atom stereocenters. The maximum atomic E-state index is 10.3. The highest BCUT2D eigenvalue weighted by molar-refractivity contribution is 5.24. The summed E-state index contributed by atoms with van der Waals surface area (Å²) in [5.41, 5.74) is 2.34. The van der Waals surface area contributed by atoms with Gasteiger partial charge in [0.25, 0.3) is 0 Å². The minimum absolute atomic E-state index is 0.422. The summed E-state index contributed by atoms with van der Waals surface area (Å²) in [6.45, 7) is 5.38. The molecule has 21 heavy (non-hydrogen) atoms. The molecular weight excluding hydrogens is 262 g/mol. The molecule has 3 nitrogen and oxygen atoms in total. The van der Waals surface area contributed by atoms with Crippen molar-refractivity contribution < 1.29 is 9.84 Å². The first kappa shape index (κ1) is 16.5. The molecule has 0 saturated heterocycles. The molecule has 0 amide bonds. The van der Waals surface area contributed by atoms with Crippen molar-refractivity contribution in [3.8, 4) is 0 Å². The SMILES string of the molecule is CCCc1ccc(C(O)CN(C)CCOCC2CC2)cc1. The number of aliphatic hydroxyl groups is 1. The molecule has 0 spiro atoms. The molecule has 1 aliphatic rings. The quantitative estimate of drug-likeness (QED) is 0.673. The van der Waals surface area contributed by atoms with Gasteiger partial charge in [0.15, 0.2) is 0 Å². The standard InChI is InChI=1S/C18H29NO2/c1-3-4-15-7-9-17(10-8-15)18(20)13-19(2)11-12-21-14-16-5-6-16/h7-10,16,18,20H,3-6,11-14H2,1-2H3. The molecule has 0 heterocycles. The van der Waals surface area contributed by atoms with Gasteiger partial charge in [0.05, 0.1) is 12.7 Å². The average Bonchev–Trinajstić information content (AvgIpc) is 3.29. The zero-order valence-electron chi connectivity index (χ0n) is 13.4. The Bertz CT molecular complexity index is 400. The summed E-state index contributed by atoms with van der Waals surface area (Å²) in [6, 6.07) is 8.35. The van der Waals surface area contributed by atoms with E-state index in [1.807, 2.05) is 19.2 Å². The van der Waals surface area contributed by atoms with Gasteiger partial charge in [0.2, 0.25) is 0 Å². The molecule has 1 aromatic carbocycles. The highest BCUT2D eigenvalue weighted by atomic mass is 16.5. The summed E-state index contributed by atoms with van der Waals surface area (Å²) >= 11 is 0. The van der Waals surface area contributed by atoms with Gasteiger partial charge in [0, 0.05) is 19.7 Å². The van der Waals surface area contributed by atoms with Crippen molar-refractivity contribution >= 4 is 0 Å². The third-order valence-electron chi connectivity index (χ3n) is 4.06. The van der Waals surface area contributed by atoms with Gasteiger partial charge in [-0.05, 0) is 43.4 Å². The van der Waals surface area contributed by atoms with Crippen molar-refractivity contribution in [2.45, 2.75) is 38.7 Å². The second-order valence-electron chi connectivity index (χ2n) is 6.29. The molecule has 1 saturated carbocycles. The van der Waals surface area contributed by atoms with Gasteiger partial charge in [-0.25, -0.2) is 0 Å². The maximum Gasteiger partial charge on any atom is 0.0916 e. The van der Waals surface area contributed by atoms with Gasteiger partial charge in [-0.3, -0.25) is 0 Å². The average molecular weight is 291 g/mol. The molecule has 0 radical (unpaired) electrons. The van der Waals surface area contributed by atoms with Crippen molar-refractivity contribution in [2.24, 2.45) is 5.92 Å². The highest BCUT2D eigenvalue weighted by Gasteiger charge is 2.21. The number of likely N-dealkylation sites (N-methyl/N-ethyl adjacent to an activating group) is 1. The molecule has 1 unspecified atom stereocenters. The van der Waals surface area contributed by atoms with Crippen molar-refractivity contribution in [3.05, 3.63) is 35.4 Å². The van der Waals surface area contributed by atoms with Gasteiger partial charge < -0.3 is 14.7 Å². The third kappa shape index (κ3) is 6.16. The minimum Gasteiger partial charge on any atom is -0.387 e. The van der Waals surface area contributed by atoms with Gasteiger partial charge in [-0.15, -0.1) is 0 Å². The van der Waals surface area contributed by atoms with Crippen molar-refractivity contribution in [1.29, 1.82) is 0 Å². The predicted molar refractivity (Wildman–Crippen MR) is 86.4 cm³/mol. The molecule has 118 valence electrons. The van der Waals surface area contributed by atoms with Crippen LogP contribution in [0.3, 0.4) is 0 Å². The Morgan fingerprint density at radius 2 is 2.00 bits per heavy atom. The second-order valence-corrected chi connectivity index (χ2v) is 6.29. The Balaban J connectivity index is 1.67. The molecule has 3 heteroatoms. The lowest BCUT2D eigenvalue weighted by Gasteiger charge is -2.21. The Labute approximate surface area is 128 Å². The maximum absolute atomic E-state index is 10.3.